The fourth-order valence-electron chi connectivity index (χ4n) is 5.30. The Morgan fingerprint density at radius 1 is 0.731 bits per heavy atom. The quantitative estimate of drug-likeness (QED) is 0.585. The van der Waals surface area contributed by atoms with Crippen molar-refractivity contribution in [2.45, 2.75) is 50.9 Å². The molecule has 26 heavy (non-hydrogen) atoms. The van der Waals surface area contributed by atoms with E-state index in [1.807, 2.05) is 6.92 Å². The van der Waals surface area contributed by atoms with E-state index in [9.17, 15) is 29.4 Å². The van der Waals surface area contributed by atoms with Crippen molar-refractivity contribution in [2.75, 3.05) is 7.05 Å². The third-order valence-corrected chi connectivity index (χ3v) is 6.92. The highest BCUT2D eigenvalue weighted by molar-refractivity contribution is 6.09. The van der Waals surface area contributed by atoms with E-state index < -0.39 is 41.9 Å². The first kappa shape index (κ1) is 17.6. The van der Waals surface area contributed by atoms with Crippen LogP contribution >= 0.6 is 0 Å². The van der Waals surface area contributed by atoms with Crippen molar-refractivity contribution in [3.05, 3.63) is 0 Å². The summed E-state index contributed by atoms with van der Waals surface area (Å²) in [5.41, 5.74) is 0. The van der Waals surface area contributed by atoms with Crippen molar-refractivity contribution in [3.8, 4) is 0 Å². The van der Waals surface area contributed by atoms with Crippen LogP contribution in [0.5, 0.6) is 0 Å². The number of carbonyl (C=O) groups excluding carboxylic acids is 4. The molecule has 4 aliphatic rings. The first-order chi connectivity index (χ1) is 12.2. The van der Waals surface area contributed by atoms with Gasteiger partial charge < -0.3 is 10.2 Å². The number of fused-ring (bicyclic) bond motifs is 2. The Hall–Kier alpha value is -1.80. The van der Waals surface area contributed by atoms with Crippen LogP contribution in [0.4, 0.5) is 0 Å². The third kappa shape index (κ3) is 2.28. The maximum atomic E-state index is 12.9. The zero-order valence-corrected chi connectivity index (χ0v) is 14.9. The summed E-state index contributed by atoms with van der Waals surface area (Å²) < 4.78 is 0. The molecule has 2 heterocycles. The van der Waals surface area contributed by atoms with E-state index in [2.05, 4.69) is 0 Å². The van der Waals surface area contributed by atoms with Gasteiger partial charge in [-0.25, -0.2) is 0 Å². The molecule has 0 spiro atoms. The van der Waals surface area contributed by atoms with E-state index in [0.717, 1.165) is 9.80 Å². The molecule has 4 fully saturated rings. The van der Waals surface area contributed by atoms with Gasteiger partial charge in [0.15, 0.2) is 0 Å². The maximum Gasteiger partial charge on any atom is 0.233 e. The minimum atomic E-state index is -0.865. The molecule has 142 valence electrons. The van der Waals surface area contributed by atoms with E-state index >= 15 is 0 Å². The second-order valence-electron chi connectivity index (χ2n) is 8.33. The van der Waals surface area contributed by atoms with Crippen LogP contribution < -0.4 is 0 Å². The number of hydrogen-bond acceptors (Lipinski definition) is 6. The lowest BCUT2D eigenvalue weighted by Gasteiger charge is -2.39. The molecule has 2 N–H and O–H groups in total. The molecule has 0 bridgehead atoms. The lowest BCUT2D eigenvalue weighted by Crippen LogP contribution is -2.53. The van der Waals surface area contributed by atoms with Crippen molar-refractivity contribution < 1.29 is 29.4 Å². The van der Waals surface area contributed by atoms with Gasteiger partial charge in [0.2, 0.25) is 23.6 Å². The lowest BCUT2D eigenvalue weighted by molar-refractivity contribution is -0.149. The topological polar surface area (TPSA) is 115 Å². The Kier molecular flexibility index (Phi) is 3.96. The molecule has 0 radical (unpaired) electrons. The zero-order chi connectivity index (χ0) is 18.9. The Morgan fingerprint density at radius 3 is 1.69 bits per heavy atom. The molecule has 4 rings (SSSR count). The number of amides is 4. The number of aliphatic hydroxyl groups excluding tert-OH is 2. The van der Waals surface area contributed by atoms with Crippen LogP contribution in [0.1, 0.15) is 32.6 Å². The SMILES string of the molecule is CC1CC(O)C(N2C(=O)C3CC4C(=O)N(C)C(=O)C4CC3C2=O)CC1O. The summed E-state index contributed by atoms with van der Waals surface area (Å²) >= 11 is 0. The predicted octanol–water partition coefficient (Wildman–Crippen LogP) is -0.867. The maximum absolute atomic E-state index is 12.9. The molecule has 8 heteroatoms. The molecule has 0 aromatic carbocycles. The van der Waals surface area contributed by atoms with Crippen LogP contribution in [0.2, 0.25) is 0 Å². The van der Waals surface area contributed by atoms with Crippen LogP contribution in [0, 0.1) is 29.6 Å². The summed E-state index contributed by atoms with van der Waals surface area (Å²) in [6.07, 6.45) is -0.656. The molecule has 2 saturated heterocycles. The number of hydrogen-bond donors (Lipinski definition) is 2. The van der Waals surface area contributed by atoms with Crippen LogP contribution in [-0.4, -0.2) is 68.9 Å². The molecule has 8 unspecified atom stereocenters. The van der Waals surface area contributed by atoms with E-state index in [-0.39, 0.29) is 48.8 Å². The van der Waals surface area contributed by atoms with Gasteiger partial charge in [-0.3, -0.25) is 29.0 Å². The van der Waals surface area contributed by atoms with Gasteiger partial charge in [0.05, 0.1) is 41.9 Å². The normalized spacial score (nSPS) is 46.0. The van der Waals surface area contributed by atoms with Gasteiger partial charge in [-0.15, -0.1) is 0 Å². The predicted molar refractivity (Wildman–Crippen MR) is 87.0 cm³/mol. The van der Waals surface area contributed by atoms with Crippen molar-refractivity contribution >= 4 is 23.6 Å². The zero-order valence-electron chi connectivity index (χ0n) is 14.9. The summed E-state index contributed by atoms with van der Waals surface area (Å²) in [4.78, 5) is 52.6. The number of rotatable bonds is 1. The van der Waals surface area contributed by atoms with Gasteiger partial charge in [0.25, 0.3) is 0 Å². The smallest absolute Gasteiger partial charge is 0.233 e. The van der Waals surface area contributed by atoms with Crippen LogP contribution in [0.3, 0.4) is 0 Å². The monoisotopic (exact) mass is 364 g/mol. The first-order valence-electron chi connectivity index (χ1n) is 9.26. The summed E-state index contributed by atoms with van der Waals surface area (Å²) in [6, 6.07) is -0.735. The molecule has 0 aromatic heterocycles. The third-order valence-electron chi connectivity index (χ3n) is 6.92. The minimum absolute atomic E-state index is 0.0959. The van der Waals surface area contributed by atoms with Gasteiger partial charge in [-0.1, -0.05) is 6.92 Å². The summed E-state index contributed by atoms with van der Waals surface area (Å²) in [5, 5.41) is 20.5. The average molecular weight is 364 g/mol. The minimum Gasteiger partial charge on any atom is -0.393 e. The highest BCUT2D eigenvalue weighted by atomic mass is 16.3. The highest BCUT2D eigenvalue weighted by Crippen LogP contribution is 2.48. The fraction of sp³-hybridized carbons (Fsp3) is 0.778. The average Bonchev–Trinajstić information content (AvgIpc) is 2.97. The number of imide groups is 2. The van der Waals surface area contributed by atoms with E-state index in [0.29, 0.717) is 6.42 Å². The van der Waals surface area contributed by atoms with Gasteiger partial charge >= 0.3 is 0 Å². The van der Waals surface area contributed by atoms with Crippen LogP contribution in [0.15, 0.2) is 0 Å². The molecule has 8 nitrogen and oxygen atoms in total. The molecule has 0 aromatic rings. The molecular formula is C18H24N2O6. The Bertz CT molecular complexity index is 651. The number of nitrogens with zero attached hydrogens (tertiary/aromatic N) is 2. The van der Waals surface area contributed by atoms with E-state index in [4.69, 9.17) is 0 Å². The first-order valence-corrected chi connectivity index (χ1v) is 9.26. The number of carbonyl (C=O) groups is 4. The molecule has 8 atom stereocenters. The molecule has 2 aliphatic carbocycles. The van der Waals surface area contributed by atoms with Crippen molar-refractivity contribution in [3.63, 3.8) is 0 Å². The van der Waals surface area contributed by atoms with Gasteiger partial charge in [0.1, 0.15) is 0 Å². The van der Waals surface area contributed by atoms with E-state index in [1.54, 1.807) is 0 Å². The van der Waals surface area contributed by atoms with E-state index in [1.165, 1.54) is 7.05 Å². The molecule has 4 amide bonds. The Labute approximate surface area is 151 Å². The molecule has 2 saturated carbocycles. The molecule has 2 aliphatic heterocycles. The van der Waals surface area contributed by atoms with Gasteiger partial charge in [-0.05, 0) is 31.6 Å². The summed E-state index contributed by atoms with van der Waals surface area (Å²) in [6.45, 7) is 1.83. The Morgan fingerprint density at radius 2 is 1.19 bits per heavy atom. The summed E-state index contributed by atoms with van der Waals surface area (Å²) in [5.74, 6) is -3.70. The number of likely N-dealkylation sites (tertiary alicyclic amines) is 2. The lowest BCUT2D eigenvalue weighted by atomic mass is 9.70. The van der Waals surface area contributed by atoms with Crippen molar-refractivity contribution in [1.29, 1.82) is 0 Å². The van der Waals surface area contributed by atoms with Crippen LogP contribution in [0.25, 0.3) is 0 Å². The summed E-state index contributed by atoms with van der Waals surface area (Å²) in [7, 11) is 1.44. The van der Waals surface area contributed by atoms with Gasteiger partial charge in [-0.2, -0.15) is 0 Å². The standard InChI is InChI=1S/C18H24N2O6/c1-7-3-14(22)12(6-13(7)21)20-17(25)10-4-8-9(5-11(10)18(20)26)16(24)19(2)15(8)23/h7-14,21-22H,3-6H2,1-2H3. The second-order valence-corrected chi connectivity index (χ2v) is 8.33. The fourth-order valence-corrected chi connectivity index (χ4v) is 5.30. The van der Waals surface area contributed by atoms with Crippen LogP contribution in [-0.2, 0) is 19.2 Å². The van der Waals surface area contributed by atoms with Crippen molar-refractivity contribution in [1.82, 2.24) is 9.80 Å². The highest BCUT2D eigenvalue weighted by Gasteiger charge is 2.60. The molecular weight excluding hydrogens is 340 g/mol. The Balaban J connectivity index is 1.59. The largest absolute Gasteiger partial charge is 0.393 e. The second kappa shape index (κ2) is 5.85. The van der Waals surface area contributed by atoms with Crippen molar-refractivity contribution in [2.24, 2.45) is 29.6 Å². The number of aliphatic hydroxyl groups is 2. The van der Waals surface area contributed by atoms with Gasteiger partial charge in [0, 0.05) is 7.05 Å².